The third kappa shape index (κ3) is 1.62. The van der Waals surface area contributed by atoms with Crippen LogP contribution in [0.3, 0.4) is 0 Å². The maximum absolute atomic E-state index is 10.2. The molecule has 0 aromatic rings. The zero-order valence-electron chi connectivity index (χ0n) is 4.57. The van der Waals surface area contributed by atoms with Gasteiger partial charge in [-0.05, 0) is 0 Å². The van der Waals surface area contributed by atoms with E-state index < -0.39 is 15.6 Å². The van der Waals surface area contributed by atoms with E-state index in [9.17, 15) is 8.42 Å². The standard InChI is InChI=1S/C3H7NO4S/c5-9(6,7)3-1-4-2-8-3/h3-4H,1-2H2,(H,5,6,7). The lowest BCUT2D eigenvalue weighted by Gasteiger charge is -2.00. The third-order valence-corrected chi connectivity index (χ3v) is 1.98. The summed E-state index contributed by atoms with van der Waals surface area (Å²) in [5.41, 5.74) is -1.07. The van der Waals surface area contributed by atoms with Gasteiger partial charge in [-0.2, -0.15) is 8.42 Å². The Balaban J connectivity index is 2.63. The van der Waals surface area contributed by atoms with E-state index in [0.717, 1.165) is 0 Å². The number of hydrogen-bond donors (Lipinski definition) is 2. The lowest BCUT2D eigenvalue weighted by atomic mass is 10.7. The summed E-state index contributed by atoms with van der Waals surface area (Å²) in [7, 11) is -3.99. The van der Waals surface area contributed by atoms with Crippen molar-refractivity contribution in [1.29, 1.82) is 0 Å². The highest BCUT2D eigenvalue weighted by atomic mass is 32.2. The minimum absolute atomic E-state index is 0.166. The first-order valence-electron chi connectivity index (χ1n) is 2.39. The van der Waals surface area contributed by atoms with Crippen molar-refractivity contribution in [2.24, 2.45) is 0 Å². The molecule has 1 unspecified atom stereocenters. The second kappa shape index (κ2) is 2.22. The van der Waals surface area contributed by atoms with Gasteiger partial charge in [0.1, 0.15) is 0 Å². The van der Waals surface area contributed by atoms with E-state index in [1.165, 1.54) is 0 Å². The van der Waals surface area contributed by atoms with Gasteiger partial charge in [-0.15, -0.1) is 0 Å². The van der Waals surface area contributed by atoms with Crippen LogP contribution in [0.2, 0.25) is 0 Å². The average molecular weight is 153 g/mol. The maximum atomic E-state index is 10.2. The molecule has 0 bridgehead atoms. The molecule has 0 saturated carbocycles. The Bertz CT molecular complexity index is 180. The molecular formula is C3H7NO4S. The highest BCUT2D eigenvalue weighted by Gasteiger charge is 2.26. The second-order valence-electron chi connectivity index (χ2n) is 1.71. The fourth-order valence-electron chi connectivity index (χ4n) is 0.579. The Morgan fingerprint density at radius 1 is 1.67 bits per heavy atom. The summed E-state index contributed by atoms with van der Waals surface area (Å²) in [6.45, 7) is 0.350. The molecule has 1 rings (SSSR count). The molecule has 2 N–H and O–H groups in total. The fraction of sp³-hybridized carbons (Fsp3) is 1.00. The smallest absolute Gasteiger partial charge is 0.293 e. The first-order valence-corrected chi connectivity index (χ1v) is 3.89. The normalized spacial score (nSPS) is 28.8. The predicted octanol–water partition coefficient (Wildman–Crippen LogP) is -1.22. The van der Waals surface area contributed by atoms with Crippen LogP contribution >= 0.6 is 0 Å². The molecule has 1 saturated heterocycles. The summed E-state index contributed by atoms with van der Waals surface area (Å²) >= 11 is 0. The molecule has 0 aromatic heterocycles. The largest absolute Gasteiger partial charge is 0.343 e. The minimum Gasteiger partial charge on any atom is -0.343 e. The van der Waals surface area contributed by atoms with Crippen LogP contribution in [-0.2, 0) is 14.9 Å². The third-order valence-electron chi connectivity index (χ3n) is 1.01. The molecular weight excluding hydrogens is 146 g/mol. The summed E-state index contributed by atoms with van der Waals surface area (Å²) < 4.78 is 33.3. The highest BCUT2D eigenvalue weighted by Crippen LogP contribution is 2.02. The molecule has 1 heterocycles. The quantitative estimate of drug-likeness (QED) is 0.462. The van der Waals surface area contributed by atoms with Gasteiger partial charge in [-0.25, -0.2) is 0 Å². The van der Waals surface area contributed by atoms with E-state index in [0.29, 0.717) is 0 Å². The maximum Gasteiger partial charge on any atom is 0.293 e. The van der Waals surface area contributed by atoms with Crippen molar-refractivity contribution in [3.63, 3.8) is 0 Å². The van der Waals surface area contributed by atoms with Crippen LogP contribution in [0.15, 0.2) is 0 Å². The van der Waals surface area contributed by atoms with E-state index in [1.807, 2.05) is 0 Å². The molecule has 5 nitrogen and oxygen atoms in total. The van der Waals surface area contributed by atoms with Gasteiger partial charge in [0.2, 0.25) is 0 Å². The Morgan fingerprint density at radius 2 is 2.33 bits per heavy atom. The average Bonchev–Trinajstić information content (AvgIpc) is 2.08. The van der Waals surface area contributed by atoms with Crippen LogP contribution in [-0.4, -0.2) is 31.7 Å². The van der Waals surface area contributed by atoms with Crippen molar-refractivity contribution >= 4 is 10.1 Å². The van der Waals surface area contributed by atoms with Crippen molar-refractivity contribution in [1.82, 2.24) is 5.32 Å². The molecule has 54 valence electrons. The first kappa shape index (κ1) is 6.94. The van der Waals surface area contributed by atoms with Crippen LogP contribution < -0.4 is 5.32 Å². The Kier molecular flexibility index (Phi) is 1.71. The Hall–Kier alpha value is -0.170. The van der Waals surface area contributed by atoms with Crippen molar-refractivity contribution in [2.45, 2.75) is 5.44 Å². The molecule has 0 amide bonds. The summed E-state index contributed by atoms with van der Waals surface area (Å²) in [6.07, 6.45) is 0. The van der Waals surface area contributed by atoms with Gasteiger partial charge in [0.15, 0.2) is 5.44 Å². The van der Waals surface area contributed by atoms with Crippen LogP contribution in [0.25, 0.3) is 0 Å². The molecule has 1 atom stereocenters. The topological polar surface area (TPSA) is 75.6 Å². The molecule has 1 fully saturated rings. The fourth-order valence-corrected chi connectivity index (χ4v) is 1.15. The molecule has 0 spiro atoms. The second-order valence-corrected chi connectivity index (χ2v) is 3.27. The Labute approximate surface area is 52.8 Å². The van der Waals surface area contributed by atoms with Gasteiger partial charge in [-0.1, -0.05) is 0 Å². The minimum atomic E-state index is -3.99. The summed E-state index contributed by atoms with van der Waals surface area (Å²) in [5.74, 6) is 0. The number of rotatable bonds is 1. The van der Waals surface area contributed by atoms with E-state index in [2.05, 4.69) is 10.1 Å². The van der Waals surface area contributed by atoms with Crippen LogP contribution in [0.1, 0.15) is 0 Å². The van der Waals surface area contributed by atoms with Gasteiger partial charge >= 0.3 is 0 Å². The molecule has 0 radical (unpaired) electrons. The van der Waals surface area contributed by atoms with Crippen molar-refractivity contribution < 1.29 is 17.7 Å². The van der Waals surface area contributed by atoms with Crippen molar-refractivity contribution in [2.75, 3.05) is 13.3 Å². The molecule has 6 heteroatoms. The van der Waals surface area contributed by atoms with Gasteiger partial charge in [0, 0.05) is 6.54 Å². The summed E-state index contributed by atoms with van der Waals surface area (Å²) in [6, 6.07) is 0. The molecule has 0 aromatic carbocycles. The van der Waals surface area contributed by atoms with E-state index in [-0.39, 0.29) is 13.3 Å². The SMILES string of the molecule is O=S(=O)(O)C1CNCO1. The monoisotopic (exact) mass is 153 g/mol. The van der Waals surface area contributed by atoms with Crippen LogP contribution in [0, 0.1) is 0 Å². The van der Waals surface area contributed by atoms with Crippen molar-refractivity contribution in [3.05, 3.63) is 0 Å². The Morgan fingerprint density at radius 3 is 2.56 bits per heavy atom. The lowest BCUT2D eigenvalue weighted by Crippen LogP contribution is -2.23. The zero-order valence-corrected chi connectivity index (χ0v) is 5.39. The zero-order chi connectivity index (χ0) is 6.91. The number of hydrogen-bond acceptors (Lipinski definition) is 4. The van der Waals surface area contributed by atoms with Crippen molar-refractivity contribution in [3.8, 4) is 0 Å². The van der Waals surface area contributed by atoms with Gasteiger partial charge in [0.05, 0.1) is 6.73 Å². The number of nitrogens with one attached hydrogen (secondary N) is 1. The van der Waals surface area contributed by atoms with E-state index in [1.54, 1.807) is 0 Å². The summed E-state index contributed by atoms with van der Waals surface area (Å²) in [5, 5.41) is 2.62. The van der Waals surface area contributed by atoms with Gasteiger partial charge < -0.3 is 4.74 Å². The molecule has 1 aliphatic heterocycles. The molecule has 1 aliphatic rings. The van der Waals surface area contributed by atoms with E-state index >= 15 is 0 Å². The van der Waals surface area contributed by atoms with Crippen LogP contribution in [0.4, 0.5) is 0 Å². The highest BCUT2D eigenvalue weighted by molar-refractivity contribution is 7.86. The predicted molar refractivity (Wildman–Crippen MR) is 29.3 cm³/mol. The summed E-state index contributed by atoms with van der Waals surface area (Å²) in [4.78, 5) is 0. The van der Waals surface area contributed by atoms with E-state index in [4.69, 9.17) is 4.55 Å². The number of ether oxygens (including phenoxy) is 1. The molecule has 0 aliphatic carbocycles. The lowest BCUT2D eigenvalue weighted by molar-refractivity contribution is 0.157. The van der Waals surface area contributed by atoms with Gasteiger partial charge in [-0.3, -0.25) is 9.87 Å². The first-order chi connectivity index (χ1) is 4.11. The molecule has 9 heavy (non-hydrogen) atoms. The van der Waals surface area contributed by atoms with Crippen LogP contribution in [0.5, 0.6) is 0 Å². The van der Waals surface area contributed by atoms with Gasteiger partial charge in [0.25, 0.3) is 10.1 Å².